The van der Waals surface area contributed by atoms with Crippen LogP contribution in [0, 0.1) is 0 Å². The van der Waals surface area contributed by atoms with E-state index in [1.807, 2.05) is 0 Å². The molecule has 0 saturated carbocycles. The van der Waals surface area contributed by atoms with Gasteiger partial charge in [-0.15, -0.1) is 0 Å². The van der Waals surface area contributed by atoms with Gasteiger partial charge in [-0.2, -0.15) is 0 Å². The second-order valence-corrected chi connectivity index (χ2v) is 6.77. The number of amides is 1. The van der Waals surface area contributed by atoms with Gasteiger partial charge in [-0.1, -0.05) is 12.1 Å². The fraction of sp³-hybridized carbons (Fsp3) is 0.304. The number of anilines is 1. The largest absolute Gasteiger partial charge is 0.482 e. The number of ether oxygens (including phenoxy) is 4. The maximum absolute atomic E-state index is 11.7. The maximum atomic E-state index is 11.7. The highest BCUT2D eigenvalue weighted by molar-refractivity contribution is 5.91. The summed E-state index contributed by atoms with van der Waals surface area (Å²) in [6.45, 7) is -2.17. The lowest BCUT2D eigenvalue weighted by atomic mass is 10.1. The number of aliphatic hydroxyl groups is 2. The Morgan fingerprint density at radius 2 is 1.21 bits per heavy atom. The number of rotatable bonds is 14. The molecule has 3 N–H and O–H groups in total. The molecule has 11 heteroatoms. The topological polar surface area (TPSA) is 158 Å². The van der Waals surface area contributed by atoms with Crippen LogP contribution in [-0.2, 0) is 35.1 Å². The van der Waals surface area contributed by atoms with E-state index in [1.165, 1.54) is 12.1 Å². The molecule has 2 rings (SSSR count). The lowest BCUT2D eigenvalue weighted by Gasteiger charge is -2.09. The average molecular weight is 475 g/mol. The SMILES string of the molecule is O=C(CO)Cc1ccc(OCC(=O)OCCOC(=O)COc2ccc(NC(=O)CO)cc2)cc1. The van der Waals surface area contributed by atoms with Crippen molar-refractivity contribution in [3.05, 3.63) is 54.1 Å². The van der Waals surface area contributed by atoms with E-state index in [0.29, 0.717) is 22.7 Å². The third-order valence-corrected chi connectivity index (χ3v) is 4.11. The van der Waals surface area contributed by atoms with Crippen molar-refractivity contribution in [2.24, 2.45) is 0 Å². The Kier molecular flexibility index (Phi) is 11.0. The van der Waals surface area contributed by atoms with Gasteiger partial charge in [0.25, 0.3) is 0 Å². The minimum atomic E-state index is -0.662. The smallest absolute Gasteiger partial charge is 0.344 e. The van der Waals surface area contributed by atoms with E-state index < -0.39 is 31.1 Å². The Morgan fingerprint density at radius 1 is 0.706 bits per heavy atom. The molecule has 0 bridgehead atoms. The highest BCUT2D eigenvalue weighted by Crippen LogP contribution is 2.16. The molecule has 0 aliphatic heterocycles. The van der Waals surface area contributed by atoms with Crippen molar-refractivity contribution in [3.63, 3.8) is 0 Å². The lowest BCUT2D eigenvalue weighted by molar-refractivity contribution is -0.154. The first kappa shape index (κ1) is 26.3. The molecule has 0 fully saturated rings. The first-order chi connectivity index (χ1) is 16.4. The second-order valence-electron chi connectivity index (χ2n) is 6.77. The summed E-state index contributed by atoms with van der Waals surface area (Å²) < 4.78 is 20.4. The van der Waals surface area contributed by atoms with Crippen molar-refractivity contribution >= 4 is 29.3 Å². The van der Waals surface area contributed by atoms with Gasteiger partial charge in [-0.3, -0.25) is 9.59 Å². The standard InChI is InChI=1S/C23H25NO10/c25-12-18(27)11-16-1-5-19(6-2-16)33-14-22(29)31-9-10-32-23(30)15-34-20-7-3-17(4-8-20)24-21(28)13-26/h1-8,25-26H,9-15H2,(H,24,28). The summed E-state index contributed by atoms with van der Waals surface area (Å²) >= 11 is 0. The van der Waals surface area contributed by atoms with Crippen LogP contribution in [0.15, 0.2) is 48.5 Å². The molecule has 0 radical (unpaired) electrons. The molecule has 34 heavy (non-hydrogen) atoms. The average Bonchev–Trinajstić information content (AvgIpc) is 2.85. The Balaban J connectivity index is 1.57. The van der Waals surface area contributed by atoms with Crippen molar-refractivity contribution in [2.45, 2.75) is 6.42 Å². The van der Waals surface area contributed by atoms with Crippen LogP contribution in [0.5, 0.6) is 11.5 Å². The summed E-state index contributed by atoms with van der Waals surface area (Å²) in [4.78, 5) is 45.7. The minimum Gasteiger partial charge on any atom is -0.482 e. The van der Waals surface area contributed by atoms with E-state index in [4.69, 9.17) is 29.2 Å². The molecule has 2 aromatic carbocycles. The summed E-state index contributed by atoms with van der Waals surface area (Å²) in [5, 5.41) is 19.9. The molecular weight excluding hydrogens is 450 g/mol. The van der Waals surface area contributed by atoms with E-state index in [9.17, 15) is 19.2 Å². The van der Waals surface area contributed by atoms with Gasteiger partial charge >= 0.3 is 11.9 Å². The van der Waals surface area contributed by atoms with E-state index in [2.05, 4.69) is 5.32 Å². The summed E-state index contributed by atoms with van der Waals surface area (Å²) in [6, 6.07) is 12.6. The third kappa shape index (κ3) is 10.1. The molecule has 0 aliphatic rings. The van der Waals surface area contributed by atoms with Crippen LogP contribution < -0.4 is 14.8 Å². The lowest BCUT2D eigenvalue weighted by Crippen LogP contribution is -2.21. The molecule has 0 saturated heterocycles. The van der Waals surface area contributed by atoms with Crippen molar-refractivity contribution in [3.8, 4) is 11.5 Å². The van der Waals surface area contributed by atoms with E-state index >= 15 is 0 Å². The molecule has 0 atom stereocenters. The van der Waals surface area contributed by atoms with Crippen LogP contribution in [0.1, 0.15) is 5.56 Å². The molecule has 2 aromatic rings. The Labute approximate surface area is 195 Å². The van der Waals surface area contributed by atoms with Crippen molar-refractivity contribution in [2.75, 3.05) is 45.0 Å². The fourth-order valence-corrected chi connectivity index (χ4v) is 2.50. The van der Waals surface area contributed by atoms with Crippen LogP contribution in [0.2, 0.25) is 0 Å². The normalized spacial score (nSPS) is 10.2. The van der Waals surface area contributed by atoms with Gasteiger partial charge in [-0.25, -0.2) is 9.59 Å². The number of hydrogen-bond acceptors (Lipinski definition) is 10. The summed E-state index contributed by atoms with van der Waals surface area (Å²) in [6.07, 6.45) is 0.111. The molecule has 0 aliphatic carbocycles. The maximum Gasteiger partial charge on any atom is 0.344 e. The number of esters is 2. The van der Waals surface area contributed by atoms with Gasteiger partial charge in [0, 0.05) is 12.1 Å². The van der Waals surface area contributed by atoms with Crippen molar-refractivity contribution in [1.82, 2.24) is 0 Å². The number of Topliss-reactive ketones (excluding diaryl/α,β-unsaturated/α-hetero) is 1. The number of hydrogen-bond donors (Lipinski definition) is 3. The zero-order valence-corrected chi connectivity index (χ0v) is 18.2. The zero-order chi connectivity index (χ0) is 24.8. The number of aliphatic hydroxyl groups excluding tert-OH is 2. The number of benzene rings is 2. The van der Waals surface area contributed by atoms with Gasteiger partial charge in [0.2, 0.25) is 5.91 Å². The van der Waals surface area contributed by atoms with Gasteiger partial charge in [0.1, 0.15) is 37.9 Å². The Hall–Kier alpha value is -3.96. The van der Waals surface area contributed by atoms with Crippen LogP contribution in [-0.4, -0.2) is 73.5 Å². The Morgan fingerprint density at radius 3 is 1.68 bits per heavy atom. The quantitative estimate of drug-likeness (QED) is 0.256. The summed E-state index contributed by atoms with van der Waals surface area (Å²) in [5.41, 5.74) is 1.18. The van der Waals surface area contributed by atoms with Crippen LogP contribution in [0.4, 0.5) is 5.69 Å². The number of nitrogens with one attached hydrogen (secondary N) is 1. The monoisotopic (exact) mass is 475 g/mol. The highest BCUT2D eigenvalue weighted by atomic mass is 16.6. The fourth-order valence-electron chi connectivity index (χ4n) is 2.50. The van der Waals surface area contributed by atoms with Gasteiger partial charge in [0.15, 0.2) is 19.0 Å². The molecule has 0 spiro atoms. The van der Waals surface area contributed by atoms with E-state index in [-0.39, 0.29) is 38.6 Å². The molecule has 1 amide bonds. The zero-order valence-electron chi connectivity index (χ0n) is 18.2. The van der Waals surface area contributed by atoms with Gasteiger partial charge in [-0.05, 0) is 42.0 Å². The molecule has 0 unspecified atom stereocenters. The molecule has 0 heterocycles. The number of ketones is 1. The minimum absolute atomic E-state index is 0.111. The molecular formula is C23H25NO10. The van der Waals surface area contributed by atoms with Crippen LogP contribution in [0.25, 0.3) is 0 Å². The van der Waals surface area contributed by atoms with Crippen LogP contribution >= 0.6 is 0 Å². The Bertz CT molecular complexity index is 877. The first-order valence-corrected chi connectivity index (χ1v) is 10.2. The summed E-state index contributed by atoms with van der Waals surface area (Å²) in [5.74, 6) is -1.39. The molecule has 182 valence electrons. The molecule has 11 nitrogen and oxygen atoms in total. The first-order valence-electron chi connectivity index (χ1n) is 10.2. The predicted octanol–water partition coefficient (Wildman–Crippen LogP) is 0.265. The van der Waals surface area contributed by atoms with Crippen molar-refractivity contribution in [1.29, 1.82) is 0 Å². The third-order valence-electron chi connectivity index (χ3n) is 4.11. The predicted molar refractivity (Wildman–Crippen MR) is 117 cm³/mol. The number of carbonyl (C=O) groups excluding carboxylic acids is 4. The molecule has 0 aromatic heterocycles. The number of carbonyl (C=O) groups is 4. The van der Waals surface area contributed by atoms with Gasteiger partial charge in [0.05, 0.1) is 0 Å². The van der Waals surface area contributed by atoms with E-state index in [1.54, 1.807) is 36.4 Å². The van der Waals surface area contributed by atoms with Crippen LogP contribution in [0.3, 0.4) is 0 Å². The second kappa shape index (κ2) is 14.2. The summed E-state index contributed by atoms with van der Waals surface area (Å²) in [7, 11) is 0. The highest BCUT2D eigenvalue weighted by Gasteiger charge is 2.08. The van der Waals surface area contributed by atoms with Gasteiger partial charge < -0.3 is 34.5 Å². The van der Waals surface area contributed by atoms with E-state index in [0.717, 1.165) is 0 Å². The van der Waals surface area contributed by atoms with Crippen molar-refractivity contribution < 1.29 is 48.3 Å².